The standard InChI is InChI=1S/C22H28N6O3/c1-15-16(2)31-12-9-27(15)20-13-19(26-7-10-30-11-8-26)24-22(25-20)28-18-6-4-3-5-17(18)23-21(28)14-29/h3-6,13,15-16,29H,7-12,14H2,1-2H3/t15-,16+/m1/s1. The van der Waals surface area contributed by atoms with Crippen molar-refractivity contribution >= 4 is 22.7 Å². The van der Waals surface area contributed by atoms with Gasteiger partial charge in [-0.05, 0) is 26.0 Å². The molecule has 2 atom stereocenters. The first-order chi connectivity index (χ1) is 15.2. The van der Waals surface area contributed by atoms with Crippen LogP contribution in [0.1, 0.15) is 19.7 Å². The van der Waals surface area contributed by atoms with Gasteiger partial charge in [0.25, 0.3) is 0 Å². The lowest BCUT2D eigenvalue weighted by molar-refractivity contribution is 0.0281. The minimum Gasteiger partial charge on any atom is -0.388 e. The summed E-state index contributed by atoms with van der Waals surface area (Å²) in [4.78, 5) is 19.0. The maximum absolute atomic E-state index is 10.0. The van der Waals surface area contributed by atoms with Crippen LogP contribution in [0.15, 0.2) is 30.3 Å². The van der Waals surface area contributed by atoms with Crippen LogP contribution in [0, 0.1) is 0 Å². The largest absolute Gasteiger partial charge is 0.388 e. The Morgan fingerprint density at radius 1 is 1.00 bits per heavy atom. The fourth-order valence-electron chi connectivity index (χ4n) is 4.27. The molecule has 3 aromatic rings. The predicted molar refractivity (Wildman–Crippen MR) is 118 cm³/mol. The van der Waals surface area contributed by atoms with E-state index in [2.05, 4.69) is 34.7 Å². The predicted octanol–water partition coefficient (Wildman–Crippen LogP) is 1.76. The van der Waals surface area contributed by atoms with Crippen molar-refractivity contribution < 1.29 is 14.6 Å². The molecule has 9 nitrogen and oxygen atoms in total. The Bertz CT molecular complexity index is 1060. The van der Waals surface area contributed by atoms with Gasteiger partial charge in [0.1, 0.15) is 24.1 Å². The van der Waals surface area contributed by atoms with E-state index in [0.717, 1.165) is 42.3 Å². The zero-order valence-electron chi connectivity index (χ0n) is 17.9. The summed E-state index contributed by atoms with van der Waals surface area (Å²) in [5.74, 6) is 2.75. The van der Waals surface area contributed by atoms with E-state index in [4.69, 9.17) is 19.4 Å². The van der Waals surface area contributed by atoms with E-state index in [0.29, 0.717) is 31.6 Å². The van der Waals surface area contributed by atoms with Gasteiger partial charge in [-0.15, -0.1) is 0 Å². The zero-order chi connectivity index (χ0) is 21.4. The first-order valence-corrected chi connectivity index (χ1v) is 10.8. The fourth-order valence-corrected chi connectivity index (χ4v) is 4.27. The summed E-state index contributed by atoms with van der Waals surface area (Å²) < 4.78 is 13.2. The average molecular weight is 425 g/mol. The second-order valence-electron chi connectivity index (χ2n) is 8.00. The summed E-state index contributed by atoms with van der Waals surface area (Å²) in [7, 11) is 0. The van der Waals surface area contributed by atoms with E-state index in [9.17, 15) is 5.11 Å². The lowest BCUT2D eigenvalue weighted by Crippen LogP contribution is -2.49. The first-order valence-electron chi connectivity index (χ1n) is 10.8. The molecule has 5 rings (SSSR count). The van der Waals surface area contributed by atoms with Crippen LogP contribution in [-0.2, 0) is 16.1 Å². The Labute approximate surface area is 181 Å². The number of fused-ring (bicyclic) bond motifs is 1. The number of benzene rings is 1. The van der Waals surface area contributed by atoms with Gasteiger partial charge in [-0.3, -0.25) is 4.57 Å². The maximum atomic E-state index is 10.0. The van der Waals surface area contributed by atoms with Crippen molar-refractivity contribution in [2.45, 2.75) is 32.6 Å². The molecule has 1 N–H and O–H groups in total. The van der Waals surface area contributed by atoms with Crippen molar-refractivity contribution in [3.8, 4) is 5.95 Å². The van der Waals surface area contributed by atoms with Crippen molar-refractivity contribution in [2.75, 3.05) is 49.3 Å². The number of nitrogens with zero attached hydrogens (tertiary/aromatic N) is 6. The van der Waals surface area contributed by atoms with Crippen molar-refractivity contribution in [1.82, 2.24) is 19.5 Å². The Morgan fingerprint density at radius 2 is 1.77 bits per heavy atom. The van der Waals surface area contributed by atoms with Gasteiger partial charge in [0.2, 0.25) is 5.95 Å². The Kier molecular flexibility index (Phi) is 5.47. The molecule has 2 fully saturated rings. The highest BCUT2D eigenvalue weighted by Crippen LogP contribution is 2.28. The molecular weight excluding hydrogens is 396 g/mol. The summed E-state index contributed by atoms with van der Waals surface area (Å²) in [6.45, 7) is 8.40. The van der Waals surface area contributed by atoms with Crippen LogP contribution in [0.25, 0.3) is 17.0 Å². The number of anilines is 2. The Hall–Kier alpha value is -2.75. The summed E-state index contributed by atoms with van der Waals surface area (Å²) in [6, 6.07) is 10.1. The number of aromatic nitrogens is 4. The van der Waals surface area contributed by atoms with Gasteiger partial charge in [-0.25, -0.2) is 4.98 Å². The fraction of sp³-hybridized carbons (Fsp3) is 0.500. The minimum atomic E-state index is -0.194. The van der Waals surface area contributed by atoms with E-state index >= 15 is 0 Å². The van der Waals surface area contributed by atoms with Gasteiger partial charge in [0.05, 0.1) is 43.0 Å². The van der Waals surface area contributed by atoms with Gasteiger partial charge in [-0.2, -0.15) is 9.97 Å². The van der Waals surface area contributed by atoms with Crippen LogP contribution >= 0.6 is 0 Å². The molecule has 1 aromatic carbocycles. The number of rotatable bonds is 4. The lowest BCUT2D eigenvalue weighted by Gasteiger charge is -2.39. The second kappa shape index (κ2) is 8.41. The molecule has 2 aromatic heterocycles. The molecule has 0 radical (unpaired) electrons. The normalized spacial score (nSPS) is 22.3. The molecule has 2 aliphatic rings. The number of ether oxygens (including phenoxy) is 2. The van der Waals surface area contributed by atoms with E-state index in [1.807, 2.05) is 28.8 Å². The molecule has 9 heteroatoms. The SMILES string of the molecule is C[C@@H]1OCCN(c2cc(N3CCOCC3)nc(-n3c(CO)nc4ccccc43)n2)[C@@H]1C. The van der Waals surface area contributed by atoms with E-state index < -0.39 is 0 Å². The van der Waals surface area contributed by atoms with Crippen LogP contribution in [0.3, 0.4) is 0 Å². The molecule has 31 heavy (non-hydrogen) atoms. The molecular formula is C22H28N6O3. The van der Waals surface area contributed by atoms with Gasteiger partial charge in [0, 0.05) is 25.7 Å². The molecule has 2 saturated heterocycles. The number of para-hydroxylation sites is 2. The zero-order valence-corrected chi connectivity index (χ0v) is 17.9. The smallest absolute Gasteiger partial charge is 0.239 e. The minimum absolute atomic E-state index is 0.112. The summed E-state index contributed by atoms with van der Waals surface area (Å²) in [6.07, 6.45) is 0.112. The quantitative estimate of drug-likeness (QED) is 0.678. The maximum Gasteiger partial charge on any atom is 0.239 e. The molecule has 164 valence electrons. The van der Waals surface area contributed by atoms with Gasteiger partial charge in [-0.1, -0.05) is 12.1 Å². The van der Waals surface area contributed by atoms with Gasteiger partial charge < -0.3 is 24.4 Å². The first kappa shape index (κ1) is 20.2. The topological polar surface area (TPSA) is 88.8 Å². The van der Waals surface area contributed by atoms with E-state index in [1.54, 1.807) is 0 Å². The number of aliphatic hydroxyl groups is 1. The number of imidazole rings is 1. The highest BCUT2D eigenvalue weighted by Gasteiger charge is 2.28. The van der Waals surface area contributed by atoms with Gasteiger partial charge >= 0.3 is 0 Å². The molecule has 0 spiro atoms. The third kappa shape index (κ3) is 3.73. The average Bonchev–Trinajstić information content (AvgIpc) is 3.20. The van der Waals surface area contributed by atoms with E-state index in [-0.39, 0.29) is 18.8 Å². The highest BCUT2D eigenvalue weighted by molar-refractivity contribution is 5.77. The second-order valence-corrected chi connectivity index (χ2v) is 8.00. The number of hydrogen-bond acceptors (Lipinski definition) is 8. The Balaban J connectivity index is 1.67. The molecule has 0 saturated carbocycles. The number of hydrogen-bond donors (Lipinski definition) is 1. The highest BCUT2D eigenvalue weighted by atomic mass is 16.5. The summed E-state index contributed by atoms with van der Waals surface area (Å²) in [5.41, 5.74) is 1.68. The third-order valence-electron chi connectivity index (χ3n) is 6.17. The van der Waals surface area contributed by atoms with Crippen molar-refractivity contribution in [3.63, 3.8) is 0 Å². The number of morpholine rings is 2. The molecule has 0 bridgehead atoms. The third-order valence-corrected chi connectivity index (χ3v) is 6.17. The van der Waals surface area contributed by atoms with E-state index in [1.165, 1.54) is 0 Å². The Morgan fingerprint density at radius 3 is 2.58 bits per heavy atom. The molecule has 0 aliphatic carbocycles. The number of aliphatic hydroxyl groups excluding tert-OH is 1. The lowest BCUT2D eigenvalue weighted by atomic mass is 10.1. The van der Waals surface area contributed by atoms with Crippen molar-refractivity contribution in [1.29, 1.82) is 0 Å². The van der Waals surface area contributed by atoms with Gasteiger partial charge in [0.15, 0.2) is 0 Å². The summed E-state index contributed by atoms with van der Waals surface area (Å²) >= 11 is 0. The monoisotopic (exact) mass is 424 g/mol. The molecule has 0 amide bonds. The van der Waals surface area contributed by atoms with Crippen molar-refractivity contribution in [3.05, 3.63) is 36.2 Å². The van der Waals surface area contributed by atoms with Crippen LogP contribution in [-0.4, -0.2) is 76.2 Å². The summed E-state index contributed by atoms with van der Waals surface area (Å²) in [5, 5.41) is 10.0. The molecule has 2 aliphatic heterocycles. The van der Waals surface area contributed by atoms with Crippen LogP contribution in [0.5, 0.6) is 0 Å². The van der Waals surface area contributed by atoms with Crippen LogP contribution < -0.4 is 9.80 Å². The molecule has 0 unspecified atom stereocenters. The molecule has 4 heterocycles. The van der Waals surface area contributed by atoms with Crippen LogP contribution in [0.2, 0.25) is 0 Å². The van der Waals surface area contributed by atoms with Crippen molar-refractivity contribution in [2.24, 2.45) is 0 Å². The van der Waals surface area contributed by atoms with Crippen LogP contribution in [0.4, 0.5) is 11.6 Å².